The Morgan fingerprint density at radius 2 is 1.39 bits per heavy atom. The Morgan fingerprint density at radius 3 is 2.18 bits per heavy atom. The van der Waals surface area contributed by atoms with Gasteiger partial charge in [-0.2, -0.15) is 0 Å². The van der Waals surface area contributed by atoms with Crippen molar-refractivity contribution in [2.24, 2.45) is 0 Å². The predicted molar refractivity (Wildman–Crippen MR) is 134 cm³/mol. The van der Waals surface area contributed by atoms with E-state index in [1.165, 1.54) is 0 Å². The van der Waals surface area contributed by atoms with Crippen LogP contribution in [0.3, 0.4) is 0 Å². The molecule has 0 amide bonds. The minimum absolute atomic E-state index is 0.187. The van der Waals surface area contributed by atoms with Gasteiger partial charge in [-0.25, -0.2) is 8.42 Å². The van der Waals surface area contributed by atoms with Crippen LogP contribution in [0.25, 0.3) is 43.2 Å². The molecule has 0 spiro atoms. The van der Waals surface area contributed by atoms with Crippen molar-refractivity contribution in [1.82, 2.24) is 4.98 Å². The number of pyridine rings is 1. The largest absolute Gasteiger partial charge is 0.321 e. The first-order valence-corrected chi connectivity index (χ1v) is 12.1. The molecule has 0 unspecified atom stereocenters. The lowest BCUT2D eigenvalue weighted by Gasteiger charge is -2.14. The zero-order valence-electron chi connectivity index (χ0n) is 17.8. The maximum atomic E-state index is 13.7. The van der Waals surface area contributed by atoms with Crippen LogP contribution in [0.2, 0.25) is 0 Å². The van der Waals surface area contributed by atoms with Crippen molar-refractivity contribution in [3.8, 4) is 0 Å². The molecule has 4 nitrogen and oxygen atoms in total. The van der Waals surface area contributed by atoms with E-state index < -0.39 is 9.84 Å². The van der Waals surface area contributed by atoms with Crippen molar-refractivity contribution in [2.75, 3.05) is 0 Å². The fraction of sp³-hybridized carbons (Fsp3) is 0.0357. The summed E-state index contributed by atoms with van der Waals surface area (Å²) in [4.78, 5) is 16.4. The van der Waals surface area contributed by atoms with Crippen molar-refractivity contribution >= 4 is 53.1 Å². The van der Waals surface area contributed by atoms with Gasteiger partial charge in [0.05, 0.1) is 15.3 Å². The Labute approximate surface area is 190 Å². The van der Waals surface area contributed by atoms with Gasteiger partial charge >= 0.3 is 0 Å². The number of rotatable bonds is 2. The van der Waals surface area contributed by atoms with E-state index in [9.17, 15) is 13.2 Å². The molecule has 1 heterocycles. The summed E-state index contributed by atoms with van der Waals surface area (Å²) >= 11 is 0. The molecule has 5 aromatic carbocycles. The van der Waals surface area contributed by atoms with E-state index in [-0.39, 0.29) is 15.4 Å². The lowest BCUT2D eigenvalue weighted by molar-refractivity contribution is 0.597. The Balaban J connectivity index is 1.85. The van der Waals surface area contributed by atoms with Gasteiger partial charge in [-0.3, -0.25) is 4.79 Å². The molecule has 1 aromatic heterocycles. The highest BCUT2D eigenvalue weighted by atomic mass is 32.2. The van der Waals surface area contributed by atoms with E-state index >= 15 is 0 Å². The quantitative estimate of drug-likeness (QED) is 0.323. The molecule has 33 heavy (non-hydrogen) atoms. The second-order valence-electron chi connectivity index (χ2n) is 8.33. The number of aromatic nitrogens is 1. The van der Waals surface area contributed by atoms with Gasteiger partial charge in [0.25, 0.3) is 5.56 Å². The van der Waals surface area contributed by atoms with Gasteiger partial charge in [0.1, 0.15) is 0 Å². The SMILES string of the molecule is Cc1cccc(S(=O)(=O)c2cc3[nH]c(=O)c4ccc5ccccc5c4c3c3ccccc23)c1. The second kappa shape index (κ2) is 7.02. The highest BCUT2D eigenvalue weighted by Crippen LogP contribution is 2.38. The third-order valence-electron chi connectivity index (χ3n) is 6.27. The van der Waals surface area contributed by atoms with Crippen molar-refractivity contribution in [1.29, 1.82) is 0 Å². The molecule has 1 N–H and O–H groups in total. The van der Waals surface area contributed by atoms with Gasteiger partial charge in [0.2, 0.25) is 9.84 Å². The molecule has 0 atom stereocenters. The average Bonchev–Trinajstić information content (AvgIpc) is 2.83. The van der Waals surface area contributed by atoms with Gasteiger partial charge in [-0.05, 0) is 52.9 Å². The number of hydrogen-bond acceptors (Lipinski definition) is 3. The third-order valence-corrected chi connectivity index (χ3v) is 8.06. The Morgan fingerprint density at radius 1 is 0.667 bits per heavy atom. The van der Waals surface area contributed by atoms with Crippen LogP contribution < -0.4 is 5.56 Å². The molecule has 0 aliphatic heterocycles. The summed E-state index contributed by atoms with van der Waals surface area (Å²) in [6.45, 7) is 1.87. The van der Waals surface area contributed by atoms with Gasteiger partial charge in [-0.1, -0.05) is 66.7 Å². The van der Waals surface area contributed by atoms with Gasteiger partial charge in [-0.15, -0.1) is 0 Å². The summed E-state index contributed by atoms with van der Waals surface area (Å²) in [6, 6.07) is 27.7. The maximum absolute atomic E-state index is 13.7. The molecule has 0 saturated carbocycles. The monoisotopic (exact) mass is 449 g/mol. The molecule has 0 bridgehead atoms. The highest BCUT2D eigenvalue weighted by Gasteiger charge is 2.23. The number of nitrogens with one attached hydrogen (secondary N) is 1. The van der Waals surface area contributed by atoms with Gasteiger partial charge in [0.15, 0.2) is 0 Å². The summed E-state index contributed by atoms with van der Waals surface area (Å²) in [7, 11) is -3.81. The fourth-order valence-corrected chi connectivity index (χ4v) is 6.35. The number of aryl methyl sites for hydroxylation is 1. The van der Waals surface area contributed by atoms with E-state index in [1.54, 1.807) is 24.3 Å². The first-order valence-electron chi connectivity index (χ1n) is 10.7. The van der Waals surface area contributed by atoms with Crippen LogP contribution >= 0.6 is 0 Å². The molecule has 0 fully saturated rings. The van der Waals surface area contributed by atoms with Crippen molar-refractivity contribution in [2.45, 2.75) is 16.7 Å². The molecule has 6 rings (SSSR count). The summed E-state index contributed by atoms with van der Waals surface area (Å²) in [5.41, 5.74) is 1.14. The van der Waals surface area contributed by atoms with E-state index in [4.69, 9.17) is 0 Å². The van der Waals surface area contributed by atoms with E-state index in [0.717, 1.165) is 32.5 Å². The van der Waals surface area contributed by atoms with E-state index in [0.29, 0.717) is 16.3 Å². The van der Waals surface area contributed by atoms with Gasteiger partial charge < -0.3 is 4.98 Å². The summed E-state index contributed by atoms with van der Waals surface area (Å²) in [5, 5.41) is 5.68. The van der Waals surface area contributed by atoms with Crippen molar-refractivity contribution in [3.63, 3.8) is 0 Å². The van der Waals surface area contributed by atoms with Crippen LogP contribution in [-0.4, -0.2) is 13.4 Å². The highest BCUT2D eigenvalue weighted by molar-refractivity contribution is 7.91. The number of hydrogen-bond donors (Lipinski definition) is 1. The van der Waals surface area contributed by atoms with Crippen LogP contribution in [-0.2, 0) is 9.84 Å². The smallest absolute Gasteiger partial charge is 0.256 e. The minimum atomic E-state index is -3.81. The standard InChI is InChI=1S/C28H19NO3S/c1-17-7-6-9-19(15-17)33(31,32)25-16-24-27(22-12-5-4-11-21(22)25)26-20-10-3-2-8-18(20)13-14-23(26)28(30)29-24/h2-16H,1H3,(H,29,30). The minimum Gasteiger partial charge on any atom is -0.321 e. The molecular weight excluding hydrogens is 430 g/mol. The Hall–Kier alpha value is -3.96. The Bertz CT molecular complexity index is 1920. The second-order valence-corrected chi connectivity index (χ2v) is 10.2. The third kappa shape index (κ3) is 2.90. The van der Waals surface area contributed by atoms with Crippen LogP contribution in [0.5, 0.6) is 0 Å². The summed E-state index contributed by atoms with van der Waals surface area (Å²) < 4.78 is 27.4. The number of fused-ring (bicyclic) bond motifs is 7. The number of H-pyrrole nitrogens is 1. The maximum Gasteiger partial charge on any atom is 0.256 e. The fourth-order valence-electron chi connectivity index (χ4n) is 4.76. The Kier molecular flexibility index (Phi) is 4.19. The predicted octanol–water partition coefficient (Wildman–Crippen LogP) is 6.13. The molecule has 0 aliphatic carbocycles. The lowest BCUT2D eigenvalue weighted by Crippen LogP contribution is -2.09. The summed E-state index contributed by atoms with van der Waals surface area (Å²) in [5.74, 6) is 0. The lowest BCUT2D eigenvalue weighted by atomic mass is 9.96. The van der Waals surface area contributed by atoms with Crippen LogP contribution in [0.1, 0.15) is 5.56 Å². The number of benzene rings is 5. The molecule has 5 heteroatoms. The molecule has 6 aromatic rings. The number of aromatic amines is 1. The molecule has 0 aliphatic rings. The summed E-state index contributed by atoms with van der Waals surface area (Å²) in [6.07, 6.45) is 0. The van der Waals surface area contributed by atoms with E-state index in [2.05, 4.69) is 4.98 Å². The van der Waals surface area contributed by atoms with Crippen molar-refractivity contribution in [3.05, 3.63) is 107 Å². The van der Waals surface area contributed by atoms with E-state index in [1.807, 2.05) is 73.7 Å². The van der Waals surface area contributed by atoms with Crippen LogP contribution in [0.4, 0.5) is 0 Å². The molecule has 0 radical (unpaired) electrons. The molecule has 160 valence electrons. The molecular formula is C28H19NO3S. The van der Waals surface area contributed by atoms with Gasteiger partial charge in [0, 0.05) is 21.5 Å². The van der Waals surface area contributed by atoms with Crippen LogP contribution in [0, 0.1) is 6.92 Å². The zero-order valence-corrected chi connectivity index (χ0v) is 18.6. The average molecular weight is 450 g/mol. The zero-order chi connectivity index (χ0) is 22.7. The van der Waals surface area contributed by atoms with Crippen molar-refractivity contribution < 1.29 is 8.42 Å². The molecule has 0 saturated heterocycles. The number of sulfone groups is 1. The first-order chi connectivity index (χ1) is 15.9. The topological polar surface area (TPSA) is 67.0 Å². The normalized spacial score (nSPS) is 12.2. The first kappa shape index (κ1) is 19.7. The van der Waals surface area contributed by atoms with Crippen LogP contribution in [0.15, 0.2) is 106 Å².